The van der Waals surface area contributed by atoms with Crippen molar-refractivity contribution in [3.05, 3.63) is 77.6 Å². The molecule has 7 heteroatoms. The number of nitrogens with one attached hydrogen (secondary N) is 1. The zero-order chi connectivity index (χ0) is 21.2. The molecule has 0 saturated carbocycles. The number of benzene rings is 3. The molecule has 0 amide bonds. The van der Waals surface area contributed by atoms with E-state index in [9.17, 15) is 4.39 Å². The number of ether oxygens (including phenoxy) is 1. The molecule has 0 unspecified atom stereocenters. The molecule has 3 aromatic carbocycles. The van der Waals surface area contributed by atoms with Gasteiger partial charge in [-0.15, -0.1) is 0 Å². The molecule has 0 aliphatic rings. The summed E-state index contributed by atoms with van der Waals surface area (Å²) < 4.78 is 18.3. The lowest BCUT2D eigenvalue weighted by Gasteiger charge is -2.11. The number of halogens is 1. The van der Waals surface area contributed by atoms with E-state index in [0.717, 1.165) is 36.2 Å². The summed E-state index contributed by atoms with van der Waals surface area (Å²) in [5.74, 6) is -2.94. The Morgan fingerprint density at radius 1 is 0.931 bits per heavy atom. The average Bonchev–Trinajstić information content (AvgIpc) is 2.72. The maximum atomic E-state index is 12.9. The van der Waals surface area contributed by atoms with Crippen LogP contribution in [0.5, 0.6) is 5.75 Å². The molecule has 3 aromatic rings. The summed E-state index contributed by atoms with van der Waals surface area (Å²) >= 11 is 0. The quantitative estimate of drug-likeness (QED) is 0.434. The first-order valence-electron chi connectivity index (χ1n) is 8.88. The van der Waals surface area contributed by atoms with Crippen LogP contribution in [0.25, 0.3) is 10.8 Å². The number of methoxy groups -OCH3 is 1. The van der Waals surface area contributed by atoms with Gasteiger partial charge in [-0.2, -0.15) is 0 Å². The maximum absolute atomic E-state index is 12.9. The van der Waals surface area contributed by atoms with Crippen LogP contribution in [0.15, 0.2) is 60.7 Å². The van der Waals surface area contributed by atoms with Crippen molar-refractivity contribution in [1.82, 2.24) is 5.32 Å². The molecular formula is C22H22FNO5. The highest BCUT2D eigenvalue weighted by Crippen LogP contribution is 2.28. The Kier molecular flexibility index (Phi) is 8.12. The van der Waals surface area contributed by atoms with Crippen LogP contribution >= 0.6 is 0 Å². The number of hydrogen-bond donors (Lipinski definition) is 3. The molecule has 0 fully saturated rings. The van der Waals surface area contributed by atoms with Gasteiger partial charge in [-0.1, -0.05) is 42.5 Å². The van der Waals surface area contributed by atoms with Crippen molar-refractivity contribution in [2.75, 3.05) is 13.7 Å². The number of rotatable bonds is 6. The van der Waals surface area contributed by atoms with Crippen LogP contribution in [0.2, 0.25) is 0 Å². The highest BCUT2D eigenvalue weighted by atomic mass is 19.1. The normalized spacial score (nSPS) is 10.1. The monoisotopic (exact) mass is 399 g/mol. The van der Waals surface area contributed by atoms with Crippen molar-refractivity contribution in [2.45, 2.75) is 13.0 Å². The van der Waals surface area contributed by atoms with Gasteiger partial charge in [0.15, 0.2) is 0 Å². The number of aliphatic carboxylic acids is 2. The lowest BCUT2D eigenvalue weighted by molar-refractivity contribution is -0.159. The fourth-order valence-electron chi connectivity index (χ4n) is 2.77. The molecule has 0 spiro atoms. The van der Waals surface area contributed by atoms with E-state index in [-0.39, 0.29) is 5.82 Å². The van der Waals surface area contributed by atoms with Crippen LogP contribution in [-0.4, -0.2) is 35.8 Å². The summed E-state index contributed by atoms with van der Waals surface area (Å²) in [6, 6.07) is 19.1. The molecule has 0 aromatic heterocycles. The Hall–Kier alpha value is -3.45. The maximum Gasteiger partial charge on any atom is 0.414 e. The van der Waals surface area contributed by atoms with E-state index in [1.54, 1.807) is 7.11 Å². The first-order chi connectivity index (χ1) is 13.9. The second-order valence-corrected chi connectivity index (χ2v) is 6.14. The first kappa shape index (κ1) is 21.8. The molecule has 0 aliphatic carbocycles. The van der Waals surface area contributed by atoms with Gasteiger partial charge in [0.1, 0.15) is 11.6 Å². The third-order valence-electron chi connectivity index (χ3n) is 4.20. The Bertz CT molecular complexity index is 961. The van der Waals surface area contributed by atoms with Crippen LogP contribution in [-0.2, 0) is 22.6 Å². The summed E-state index contributed by atoms with van der Waals surface area (Å²) in [5.41, 5.74) is 2.39. The summed E-state index contributed by atoms with van der Waals surface area (Å²) in [6.45, 7) is 1.65. The predicted molar refractivity (Wildman–Crippen MR) is 108 cm³/mol. The molecule has 0 bridgehead atoms. The molecule has 0 aliphatic heterocycles. The Balaban J connectivity index is 0.000000438. The lowest BCUT2D eigenvalue weighted by atomic mass is 10.0. The van der Waals surface area contributed by atoms with Gasteiger partial charge in [0, 0.05) is 11.9 Å². The highest BCUT2D eigenvalue weighted by molar-refractivity contribution is 6.27. The van der Waals surface area contributed by atoms with E-state index >= 15 is 0 Å². The summed E-state index contributed by atoms with van der Waals surface area (Å²) in [4.78, 5) is 18.2. The van der Waals surface area contributed by atoms with E-state index in [1.807, 2.05) is 30.3 Å². The van der Waals surface area contributed by atoms with Gasteiger partial charge in [-0.25, -0.2) is 14.0 Å². The third-order valence-corrected chi connectivity index (χ3v) is 4.20. The predicted octanol–water partition coefficient (Wildman–Crippen LogP) is 3.48. The molecule has 152 valence electrons. The topological polar surface area (TPSA) is 95.9 Å². The number of carbonyl (C=O) groups is 2. The minimum atomic E-state index is -1.82. The standard InChI is InChI=1S/C20H20FNO.C2H2O4/c1-23-20-11-8-16(18-4-2-3-5-19(18)20)14-22-13-12-15-6-9-17(21)10-7-15;3-1(4)2(5)6/h2-11,22H,12-14H2,1H3;(H,3,4)(H,5,6). The molecule has 0 saturated heterocycles. The van der Waals surface area contributed by atoms with Crippen molar-refractivity contribution in [3.8, 4) is 5.75 Å². The fraction of sp³-hybridized carbons (Fsp3) is 0.182. The van der Waals surface area contributed by atoms with Crippen molar-refractivity contribution < 1.29 is 28.9 Å². The van der Waals surface area contributed by atoms with Gasteiger partial charge in [-0.3, -0.25) is 0 Å². The van der Waals surface area contributed by atoms with E-state index in [1.165, 1.54) is 23.1 Å². The molecular weight excluding hydrogens is 377 g/mol. The zero-order valence-corrected chi connectivity index (χ0v) is 15.9. The minimum Gasteiger partial charge on any atom is -0.496 e. The van der Waals surface area contributed by atoms with Crippen LogP contribution in [0, 0.1) is 5.82 Å². The number of carboxylic acids is 2. The van der Waals surface area contributed by atoms with Crippen LogP contribution in [0.1, 0.15) is 11.1 Å². The fourth-order valence-corrected chi connectivity index (χ4v) is 2.77. The highest BCUT2D eigenvalue weighted by Gasteiger charge is 2.06. The summed E-state index contributed by atoms with van der Waals surface area (Å²) in [5, 5.41) is 20.6. The van der Waals surface area contributed by atoms with E-state index in [0.29, 0.717) is 0 Å². The van der Waals surface area contributed by atoms with Crippen molar-refractivity contribution in [3.63, 3.8) is 0 Å². The molecule has 3 N–H and O–H groups in total. The zero-order valence-electron chi connectivity index (χ0n) is 15.9. The first-order valence-corrected chi connectivity index (χ1v) is 8.88. The SMILES string of the molecule is COc1ccc(CNCCc2ccc(F)cc2)c2ccccc12.O=C(O)C(=O)O. The van der Waals surface area contributed by atoms with Gasteiger partial charge in [0.2, 0.25) is 0 Å². The Morgan fingerprint density at radius 3 is 2.14 bits per heavy atom. The van der Waals surface area contributed by atoms with Crippen molar-refractivity contribution >= 4 is 22.7 Å². The summed E-state index contributed by atoms with van der Waals surface area (Å²) in [7, 11) is 1.70. The van der Waals surface area contributed by atoms with E-state index in [4.69, 9.17) is 24.5 Å². The Morgan fingerprint density at radius 2 is 1.55 bits per heavy atom. The average molecular weight is 399 g/mol. The molecule has 6 nitrogen and oxygen atoms in total. The van der Waals surface area contributed by atoms with Gasteiger partial charge < -0.3 is 20.3 Å². The number of hydrogen-bond acceptors (Lipinski definition) is 4. The van der Waals surface area contributed by atoms with Crippen molar-refractivity contribution in [1.29, 1.82) is 0 Å². The van der Waals surface area contributed by atoms with Gasteiger partial charge in [0.05, 0.1) is 7.11 Å². The number of carboxylic acid groups (broad SMARTS) is 2. The van der Waals surface area contributed by atoms with Gasteiger partial charge in [0.25, 0.3) is 0 Å². The van der Waals surface area contributed by atoms with Crippen LogP contribution in [0.4, 0.5) is 4.39 Å². The van der Waals surface area contributed by atoms with E-state index in [2.05, 4.69) is 23.5 Å². The molecule has 0 atom stereocenters. The Labute approximate surface area is 167 Å². The second kappa shape index (κ2) is 10.8. The second-order valence-electron chi connectivity index (χ2n) is 6.14. The van der Waals surface area contributed by atoms with Crippen LogP contribution in [0.3, 0.4) is 0 Å². The molecule has 3 rings (SSSR count). The van der Waals surface area contributed by atoms with Gasteiger partial charge in [-0.05, 0) is 47.7 Å². The summed E-state index contributed by atoms with van der Waals surface area (Å²) in [6.07, 6.45) is 0.883. The van der Waals surface area contributed by atoms with Crippen molar-refractivity contribution in [2.24, 2.45) is 0 Å². The van der Waals surface area contributed by atoms with Gasteiger partial charge >= 0.3 is 11.9 Å². The molecule has 0 radical (unpaired) electrons. The molecule has 29 heavy (non-hydrogen) atoms. The minimum absolute atomic E-state index is 0.189. The lowest BCUT2D eigenvalue weighted by Crippen LogP contribution is -2.16. The third kappa shape index (κ3) is 6.58. The largest absolute Gasteiger partial charge is 0.496 e. The van der Waals surface area contributed by atoms with Crippen LogP contribution < -0.4 is 10.1 Å². The number of fused-ring (bicyclic) bond motifs is 1. The molecule has 0 heterocycles. The van der Waals surface area contributed by atoms with E-state index < -0.39 is 11.9 Å². The smallest absolute Gasteiger partial charge is 0.414 e.